The van der Waals surface area contributed by atoms with Gasteiger partial charge in [-0.2, -0.15) is 0 Å². The number of aromatic hydroxyl groups is 1. The normalized spacial score (nSPS) is 25.1. The summed E-state index contributed by atoms with van der Waals surface area (Å²) in [5.74, 6) is 7.52. The first kappa shape index (κ1) is 30.2. The Balaban J connectivity index is 0.945. The third-order valence-corrected chi connectivity index (χ3v) is 11.4. The van der Waals surface area contributed by atoms with Gasteiger partial charge in [0.1, 0.15) is 5.75 Å². The van der Waals surface area contributed by atoms with Gasteiger partial charge in [0, 0.05) is 43.5 Å². The van der Waals surface area contributed by atoms with Gasteiger partial charge in [0.05, 0.1) is 17.5 Å². The second-order valence-corrected chi connectivity index (χ2v) is 15.1. The molecule has 5 aliphatic rings. The minimum absolute atomic E-state index is 0.00411. The Morgan fingerprint density at radius 1 is 0.913 bits per heavy atom. The van der Waals surface area contributed by atoms with Gasteiger partial charge in [0.15, 0.2) is 11.5 Å². The zero-order chi connectivity index (χ0) is 31.9. The Kier molecular flexibility index (Phi) is 7.88. The van der Waals surface area contributed by atoms with Crippen LogP contribution in [0.1, 0.15) is 70.5 Å². The Morgan fingerprint density at radius 3 is 2.26 bits per heavy atom. The highest BCUT2D eigenvalue weighted by molar-refractivity contribution is 7.90. The molecular weight excluding hydrogens is 604 g/mol. The van der Waals surface area contributed by atoms with Gasteiger partial charge in [0.2, 0.25) is 10.0 Å². The van der Waals surface area contributed by atoms with Crippen molar-refractivity contribution in [1.82, 2.24) is 24.8 Å². The fourth-order valence-corrected chi connectivity index (χ4v) is 10.1. The van der Waals surface area contributed by atoms with E-state index in [1.165, 1.54) is 37.6 Å². The maximum atomic E-state index is 13.4. The van der Waals surface area contributed by atoms with Crippen LogP contribution in [0.5, 0.6) is 5.75 Å². The molecule has 4 bridgehead atoms. The van der Waals surface area contributed by atoms with E-state index in [1.807, 2.05) is 11.0 Å². The highest BCUT2D eigenvalue weighted by Gasteiger charge is 2.52. The summed E-state index contributed by atoms with van der Waals surface area (Å²) in [6.07, 6.45) is 9.38. The number of carbonyl (C=O) groups excluding carboxylic acids is 2. The van der Waals surface area contributed by atoms with Crippen LogP contribution in [-0.4, -0.2) is 77.4 Å². The summed E-state index contributed by atoms with van der Waals surface area (Å²) in [6.45, 7) is 1.91. The monoisotopic (exact) mass is 640 g/mol. The van der Waals surface area contributed by atoms with Crippen molar-refractivity contribution in [3.8, 4) is 17.6 Å². The lowest BCUT2D eigenvalue weighted by atomic mass is 9.50. The van der Waals surface area contributed by atoms with Crippen LogP contribution in [0.15, 0.2) is 54.9 Å². The molecule has 3 heterocycles. The number of anilines is 1. The molecule has 2 aromatic heterocycles. The predicted octanol–water partition coefficient (Wildman–Crippen LogP) is 3.22. The van der Waals surface area contributed by atoms with Crippen LogP contribution in [0.2, 0.25) is 0 Å². The topological polar surface area (TPSA) is 146 Å². The summed E-state index contributed by atoms with van der Waals surface area (Å²) in [7, 11) is -3.82. The molecule has 8 rings (SSSR count). The van der Waals surface area contributed by atoms with Crippen molar-refractivity contribution in [2.75, 3.05) is 36.8 Å². The number of nitrogens with zero attached hydrogens (tertiary/aromatic N) is 5. The fourth-order valence-electron chi connectivity index (χ4n) is 8.44. The van der Waals surface area contributed by atoms with E-state index in [0.717, 1.165) is 19.3 Å². The SMILES string of the molecule is O=C(NS(=O)(=O)CC12CC3CC(CC(C3)C1)C2)c1ccc(N2CCN(C(=O)c3ccccc3C#Cc3cncc(O)c3)CC2)nn1. The van der Waals surface area contributed by atoms with E-state index in [4.69, 9.17) is 0 Å². The fraction of sp³-hybridized carbons (Fsp3) is 0.441. The molecule has 4 aliphatic carbocycles. The van der Waals surface area contributed by atoms with Crippen molar-refractivity contribution in [1.29, 1.82) is 0 Å². The Hall–Kier alpha value is -4.50. The second-order valence-electron chi connectivity index (χ2n) is 13.4. The van der Waals surface area contributed by atoms with Crippen molar-refractivity contribution < 1.29 is 23.1 Å². The highest BCUT2D eigenvalue weighted by atomic mass is 32.2. The Morgan fingerprint density at radius 2 is 1.61 bits per heavy atom. The summed E-state index contributed by atoms with van der Waals surface area (Å²) >= 11 is 0. The lowest BCUT2D eigenvalue weighted by molar-refractivity contribution is -0.0391. The van der Waals surface area contributed by atoms with E-state index in [1.54, 1.807) is 35.4 Å². The van der Waals surface area contributed by atoms with Crippen molar-refractivity contribution in [3.05, 3.63) is 77.2 Å². The van der Waals surface area contributed by atoms with Gasteiger partial charge in [-0.1, -0.05) is 24.0 Å². The van der Waals surface area contributed by atoms with Crippen molar-refractivity contribution in [2.45, 2.75) is 38.5 Å². The van der Waals surface area contributed by atoms with Gasteiger partial charge < -0.3 is 14.9 Å². The zero-order valence-electron chi connectivity index (χ0n) is 25.4. The van der Waals surface area contributed by atoms with E-state index in [0.29, 0.717) is 66.4 Å². The number of rotatable bonds is 6. The Labute approximate surface area is 268 Å². The first-order valence-corrected chi connectivity index (χ1v) is 17.5. The lowest BCUT2D eigenvalue weighted by Gasteiger charge is -2.56. The summed E-state index contributed by atoms with van der Waals surface area (Å²) in [4.78, 5) is 34.0. The second kappa shape index (κ2) is 12.0. The molecule has 4 saturated carbocycles. The quantitative estimate of drug-likeness (QED) is 0.388. The number of piperazine rings is 1. The summed E-state index contributed by atoms with van der Waals surface area (Å²) < 4.78 is 28.4. The largest absolute Gasteiger partial charge is 0.506 e. The molecule has 1 aliphatic heterocycles. The third kappa shape index (κ3) is 6.42. The molecule has 12 heteroatoms. The number of amides is 2. The summed E-state index contributed by atoms with van der Waals surface area (Å²) in [6, 6.07) is 11.8. The van der Waals surface area contributed by atoms with E-state index >= 15 is 0 Å². The number of carbonyl (C=O) groups is 2. The van der Waals surface area contributed by atoms with Crippen LogP contribution < -0.4 is 9.62 Å². The molecule has 46 heavy (non-hydrogen) atoms. The predicted molar refractivity (Wildman–Crippen MR) is 170 cm³/mol. The summed E-state index contributed by atoms with van der Waals surface area (Å²) in [5.41, 5.74) is 1.36. The van der Waals surface area contributed by atoms with Crippen molar-refractivity contribution >= 4 is 27.7 Å². The molecule has 0 radical (unpaired) electrons. The van der Waals surface area contributed by atoms with Gasteiger partial charge in [-0.25, -0.2) is 13.1 Å². The molecule has 11 nitrogen and oxygen atoms in total. The molecule has 1 saturated heterocycles. The van der Waals surface area contributed by atoms with Crippen LogP contribution in [0.4, 0.5) is 5.82 Å². The number of hydrogen-bond acceptors (Lipinski definition) is 9. The summed E-state index contributed by atoms with van der Waals surface area (Å²) in [5, 5.41) is 17.9. The molecule has 0 atom stereocenters. The maximum absolute atomic E-state index is 13.4. The van der Waals surface area contributed by atoms with Crippen LogP contribution in [0.3, 0.4) is 0 Å². The number of sulfonamides is 1. The molecule has 3 aromatic rings. The number of hydrogen-bond donors (Lipinski definition) is 2. The average Bonchev–Trinajstić information content (AvgIpc) is 3.02. The first-order valence-electron chi connectivity index (χ1n) is 15.8. The van der Waals surface area contributed by atoms with Crippen molar-refractivity contribution in [2.24, 2.45) is 23.2 Å². The average molecular weight is 641 g/mol. The molecular formula is C34H36N6O5S. The molecule has 0 unspecified atom stereocenters. The minimum Gasteiger partial charge on any atom is -0.506 e. The van der Waals surface area contributed by atoms with E-state index < -0.39 is 15.9 Å². The molecule has 1 aromatic carbocycles. The molecule has 5 fully saturated rings. The van der Waals surface area contributed by atoms with Gasteiger partial charge in [0.25, 0.3) is 11.8 Å². The van der Waals surface area contributed by atoms with Gasteiger partial charge >= 0.3 is 0 Å². The van der Waals surface area contributed by atoms with Gasteiger partial charge in [-0.15, -0.1) is 10.2 Å². The van der Waals surface area contributed by atoms with E-state index in [-0.39, 0.29) is 28.5 Å². The Bertz CT molecular complexity index is 1790. The lowest BCUT2D eigenvalue weighted by Crippen LogP contribution is -2.51. The molecule has 2 N–H and O–H groups in total. The third-order valence-electron chi connectivity index (χ3n) is 9.91. The standard InChI is InChI=1S/C34H36N6O5S/c41-28-16-23(20-35-21-28)5-6-27-3-1-2-4-29(27)33(43)40-11-9-39(10-12-40)31-8-7-30(36-37-31)32(42)38-46(44,45)22-34-17-24-13-25(18-34)15-26(14-24)19-34/h1-4,7-8,16,20-21,24-26,41H,9-15,17-19,22H2,(H,38,42). The van der Waals surface area contributed by atoms with E-state index in [2.05, 4.69) is 31.7 Å². The van der Waals surface area contributed by atoms with Gasteiger partial charge in [-0.05, 0) is 92.0 Å². The molecule has 0 spiro atoms. The van der Waals surface area contributed by atoms with Gasteiger partial charge in [-0.3, -0.25) is 14.6 Å². The number of benzene rings is 1. The minimum atomic E-state index is -3.82. The number of nitrogens with one attached hydrogen (secondary N) is 1. The molecule has 238 valence electrons. The smallest absolute Gasteiger partial charge is 0.285 e. The first-order chi connectivity index (χ1) is 22.1. The van der Waals surface area contributed by atoms with E-state index in [9.17, 15) is 23.1 Å². The number of pyridine rings is 1. The number of aromatic nitrogens is 3. The zero-order valence-corrected chi connectivity index (χ0v) is 26.2. The van der Waals surface area contributed by atoms with Crippen LogP contribution >= 0.6 is 0 Å². The van der Waals surface area contributed by atoms with Crippen LogP contribution in [0, 0.1) is 35.0 Å². The van der Waals surface area contributed by atoms with Crippen LogP contribution in [0.25, 0.3) is 0 Å². The van der Waals surface area contributed by atoms with Crippen LogP contribution in [-0.2, 0) is 10.0 Å². The maximum Gasteiger partial charge on any atom is 0.285 e. The molecule has 2 amide bonds. The van der Waals surface area contributed by atoms with Crippen molar-refractivity contribution in [3.63, 3.8) is 0 Å². The highest BCUT2D eigenvalue weighted by Crippen LogP contribution is 2.60.